The second-order valence-corrected chi connectivity index (χ2v) is 9.01. The van der Waals surface area contributed by atoms with Crippen LogP contribution in [0.4, 0.5) is 11.4 Å². The van der Waals surface area contributed by atoms with E-state index in [0.717, 1.165) is 44.8 Å². The number of sulfonamides is 1. The predicted molar refractivity (Wildman–Crippen MR) is 105 cm³/mol. The number of fused-ring (bicyclic) bond motifs is 1. The summed E-state index contributed by atoms with van der Waals surface area (Å²) in [5.41, 5.74) is 1.95. The quantitative estimate of drug-likeness (QED) is 0.504. The number of aryl methyl sites for hydroxylation is 1. The molecule has 154 valence electrons. The predicted octanol–water partition coefficient (Wildman–Crippen LogP) is -1.63. The Kier molecular flexibility index (Phi) is 6.53. The van der Waals surface area contributed by atoms with Crippen molar-refractivity contribution >= 4 is 33.2 Å². The molecule has 1 aromatic rings. The van der Waals surface area contributed by atoms with Crippen LogP contribution in [0.3, 0.4) is 0 Å². The number of nitrogens with one attached hydrogen (secondary N) is 3. The Morgan fingerprint density at radius 3 is 2.68 bits per heavy atom. The summed E-state index contributed by atoms with van der Waals surface area (Å²) < 4.78 is 30.5. The maximum atomic E-state index is 12.1. The number of carbonyl (C=O) groups excluding carboxylic acids is 2. The molecule has 1 saturated heterocycles. The van der Waals surface area contributed by atoms with E-state index in [4.69, 9.17) is 4.74 Å². The number of quaternary nitrogens is 1. The minimum absolute atomic E-state index is 0.426. The fourth-order valence-electron chi connectivity index (χ4n) is 3.52. The third-order valence-corrected chi connectivity index (χ3v) is 6.16. The van der Waals surface area contributed by atoms with E-state index >= 15 is 0 Å². The monoisotopic (exact) mass is 411 g/mol. The van der Waals surface area contributed by atoms with Gasteiger partial charge in [0.2, 0.25) is 10.0 Å². The van der Waals surface area contributed by atoms with E-state index in [1.54, 1.807) is 18.2 Å². The Morgan fingerprint density at radius 1 is 1.21 bits per heavy atom. The van der Waals surface area contributed by atoms with E-state index < -0.39 is 21.8 Å². The molecule has 2 amide bonds. The number of anilines is 2. The van der Waals surface area contributed by atoms with Gasteiger partial charge >= 0.3 is 11.8 Å². The lowest BCUT2D eigenvalue weighted by Gasteiger charge is -2.29. The van der Waals surface area contributed by atoms with Crippen LogP contribution in [-0.4, -0.2) is 72.4 Å². The van der Waals surface area contributed by atoms with E-state index in [1.165, 1.54) is 15.5 Å². The third-order valence-electron chi connectivity index (χ3n) is 4.98. The van der Waals surface area contributed by atoms with Crippen LogP contribution in [-0.2, 0) is 30.8 Å². The highest BCUT2D eigenvalue weighted by Gasteiger charge is 2.24. The largest absolute Gasteiger partial charge is 0.370 e. The van der Waals surface area contributed by atoms with Crippen LogP contribution in [0.2, 0.25) is 0 Å². The molecule has 10 heteroatoms. The van der Waals surface area contributed by atoms with Gasteiger partial charge < -0.3 is 20.3 Å². The summed E-state index contributed by atoms with van der Waals surface area (Å²) in [6, 6.07) is 5.02. The minimum atomic E-state index is -3.34. The van der Waals surface area contributed by atoms with Crippen LogP contribution < -0.4 is 19.8 Å². The number of morpholine rings is 1. The Hall–Kier alpha value is -2.17. The first kappa shape index (κ1) is 20.6. The Bertz CT molecular complexity index is 836. The van der Waals surface area contributed by atoms with Crippen molar-refractivity contribution < 1.29 is 27.6 Å². The van der Waals surface area contributed by atoms with E-state index in [9.17, 15) is 18.0 Å². The van der Waals surface area contributed by atoms with Crippen LogP contribution in [0.5, 0.6) is 0 Å². The normalized spacial score (nSPS) is 17.7. The average molecular weight is 412 g/mol. The second-order valence-electron chi connectivity index (χ2n) is 7.10. The van der Waals surface area contributed by atoms with Crippen molar-refractivity contribution in [1.29, 1.82) is 0 Å². The van der Waals surface area contributed by atoms with Crippen LogP contribution in [0.25, 0.3) is 0 Å². The molecule has 0 atom stereocenters. The van der Waals surface area contributed by atoms with Gasteiger partial charge in [-0.1, -0.05) is 0 Å². The van der Waals surface area contributed by atoms with Crippen molar-refractivity contribution in [2.75, 3.05) is 61.8 Å². The lowest BCUT2D eigenvalue weighted by molar-refractivity contribution is -0.906. The zero-order valence-corrected chi connectivity index (χ0v) is 16.8. The van der Waals surface area contributed by atoms with Crippen LogP contribution in [0.1, 0.15) is 12.0 Å². The number of ether oxygens (including phenoxy) is 1. The summed E-state index contributed by atoms with van der Waals surface area (Å²) in [5.74, 6) is -1.41. The number of nitrogens with zero attached hydrogens (tertiary/aromatic N) is 1. The second kappa shape index (κ2) is 8.89. The molecule has 2 aliphatic rings. The molecule has 1 fully saturated rings. The first-order valence-electron chi connectivity index (χ1n) is 9.46. The van der Waals surface area contributed by atoms with Gasteiger partial charge in [-0.25, -0.2) is 8.42 Å². The molecular weight excluding hydrogens is 384 g/mol. The molecule has 2 heterocycles. The topological polar surface area (TPSA) is 109 Å². The highest BCUT2D eigenvalue weighted by molar-refractivity contribution is 7.92. The molecule has 0 saturated carbocycles. The fourth-order valence-corrected chi connectivity index (χ4v) is 4.51. The van der Waals surface area contributed by atoms with Gasteiger partial charge in [0.05, 0.1) is 38.2 Å². The van der Waals surface area contributed by atoms with E-state index in [2.05, 4.69) is 10.6 Å². The lowest BCUT2D eigenvalue weighted by atomic mass is 10.0. The molecule has 9 nitrogen and oxygen atoms in total. The first-order chi connectivity index (χ1) is 13.3. The van der Waals surface area contributed by atoms with Crippen molar-refractivity contribution in [2.45, 2.75) is 12.8 Å². The Morgan fingerprint density at radius 2 is 1.96 bits per heavy atom. The number of amides is 2. The zero-order valence-electron chi connectivity index (χ0n) is 16.0. The molecule has 0 unspecified atom stereocenters. The molecule has 2 aliphatic heterocycles. The van der Waals surface area contributed by atoms with Gasteiger partial charge in [0, 0.05) is 12.2 Å². The lowest BCUT2D eigenvalue weighted by Crippen LogP contribution is -3.14. The van der Waals surface area contributed by atoms with Crippen molar-refractivity contribution in [3.05, 3.63) is 23.8 Å². The summed E-state index contributed by atoms with van der Waals surface area (Å²) in [6.07, 6.45) is 2.61. The number of rotatable bonds is 5. The van der Waals surface area contributed by atoms with E-state index in [0.29, 0.717) is 30.9 Å². The first-order valence-corrected chi connectivity index (χ1v) is 11.3. The van der Waals surface area contributed by atoms with Gasteiger partial charge in [-0.05, 0) is 36.6 Å². The van der Waals surface area contributed by atoms with Crippen LogP contribution in [0.15, 0.2) is 18.2 Å². The van der Waals surface area contributed by atoms with Crippen molar-refractivity contribution in [1.82, 2.24) is 5.32 Å². The van der Waals surface area contributed by atoms with Gasteiger partial charge in [-0.2, -0.15) is 0 Å². The van der Waals surface area contributed by atoms with Crippen LogP contribution in [0, 0.1) is 0 Å². The summed E-state index contributed by atoms with van der Waals surface area (Å²) >= 11 is 0. The molecule has 0 spiro atoms. The van der Waals surface area contributed by atoms with Gasteiger partial charge in [0.25, 0.3) is 0 Å². The van der Waals surface area contributed by atoms with Gasteiger partial charge in [-0.15, -0.1) is 0 Å². The molecule has 3 rings (SSSR count). The number of hydrogen-bond donors (Lipinski definition) is 3. The number of benzene rings is 1. The van der Waals surface area contributed by atoms with E-state index in [-0.39, 0.29) is 0 Å². The zero-order chi connectivity index (χ0) is 20.1. The highest BCUT2D eigenvalue weighted by atomic mass is 32.2. The van der Waals surface area contributed by atoms with Gasteiger partial charge in [0.1, 0.15) is 13.1 Å². The summed E-state index contributed by atoms with van der Waals surface area (Å²) in [5, 5.41) is 5.23. The minimum Gasteiger partial charge on any atom is -0.370 e. The van der Waals surface area contributed by atoms with Crippen molar-refractivity contribution in [3.8, 4) is 0 Å². The van der Waals surface area contributed by atoms with E-state index in [1.807, 2.05) is 0 Å². The molecule has 28 heavy (non-hydrogen) atoms. The maximum absolute atomic E-state index is 12.1. The third kappa shape index (κ3) is 5.21. The standard InChI is InChI=1S/C18H26N4O5S/c1-28(25,26)22-7-2-3-14-13-15(4-5-16(14)22)20-18(24)17(23)19-6-8-21-9-11-27-12-10-21/h4-5,13H,2-3,6-12H2,1H3,(H,19,23)(H,20,24)/p+1. The molecule has 3 N–H and O–H groups in total. The van der Waals surface area contributed by atoms with Crippen molar-refractivity contribution in [2.24, 2.45) is 0 Å². The SMILES string of the molecule is CS(=O)(=O)N1CCCc2cc(NC(=O)C(=O)NCC[NH+]3CCOCC3)ccc21. The molecule has 0 radical (unpaired) electrons. The molecule has 0 aliphatic carbocycles. The Balaban J connectivity index is 1.54. The number of carbonyl (C=O) groups is 2. The summed E-state index contributed by atoms with van der Waals surface area (Å²) in [7, 11) is -3.34. The maximum Gasteiger partial charge on any atom is 0.313 e. The van der Waals surface area contributed by atoms with Gasteiger partial charge in [0.15, 0.2) is 0 Å². The smallest absolute Gasteiger partial charge is 0.313 e. The molecule has 1 aromatic carbocycles. The average Bonchev–Trinajstić information content (AvgIpc) is 2.67. The van der Waals surface area contributed by atoms with Gasteiger partial charge in [-0.3, -0.25) is 13.9 Å². The summed E-state index contributed by atoms with van der Waals surface area (Å²) in [6.45, 7) is 4.88. The highest BCUT2D eigenvalue weighted by Crippen LogP contribution is 2.31. The Labute approximate surface area is 165 Å². The molecular formula is C18H27N4O5S+. The van der Waals surface area contributed by atoms with Crippen molar-refractivity contribution in [3.63, 3.8) is 0 Å². The fraction of sp³-hybridized carbons (Fsp3) is 0.556. The van der Waals surface area contributed by atoms with Crippen LogP contribution >= 0.6 is 0 Å². The molecule has 0 aromatic heterocycles. The molecule has 0 bridgehead atoms. The number of hydrogen-bond acceptors (Lipinski definition) is 5. The summed E-state index contributed by atoms with van der Waals surface area (Å²) in [4.78, 5) is 25.5.